The number of aromatic nitrogens is 2. The lowest BCUT2D eigenvalue weighted by Gasteiger charge is -2.22. The van der Waals surface area contributed by atoms with Crippen LogP contribution in [-0.2, 0) is 9.59 Å². The summed E-state index contributed by atoms with van der Waals surface area (Å²) in [6.45, 7) is 2.28. The molecular formula is C20H21N5O2S2. The van der Waals surface area contributed by atoms with Crippen molar-refractivity contribution in [3.05, 3.63) is 60.2 Å². The first kappa shape index (κ1) is 20.8. The van der Waals surface area contributed by atoms with Crippen LogP contribution in [-0.4, -0.2) is 34.3 Å². The summed E-state index contributed by atoms with van der Waals surface area (Å²) >= 11 is 2.70. The van der Waals surface area contributed by atoms with Gasteiger partial charge in [-0.15, -0.1) is 10.2 Å². The van der Waals surface area contributed by atoms with Crippen LogP contribution in [0.5, 0.6) is 0 Å². The molecule has 0 aliphatic heterocycles. The van der Waals surface area contributed by atoms with Crippen LogP contribution < -0.4 is 16.0 Å². The fraction of sp³-hybridized carbons (Fsp3) is 0.200. The third-order valence-electron chi connectivity index (χ3n) is 3.98. The van der Waals surface area contributed by atoms with Gasteiger partial charge in [0.05, 0.1) is 5.75 Å². The molecule has 0 fully saturated rings. The number of carbonyl (C=O) groups excluding carboxylic acids is 2. The second-order valence-electron chi connectivity index (χ2n) is 6.25. The molecule has 0 bridgehead atoms. The van der Waals surface area contributed by atoms with E-state index in [0.29, 0.717) is 9.47 Å². The minimum Gasteiger partial charge on any atom is -0.370 e. The average Bonchev–Trinajstić information content (AvgIpc) is 3.16. The summed E-state index contributed by atoms with van der Waals surface area (Å²) in [6.07, 6.45) is 0.106. The van der Waals surface area contributed by atoms with E-state index in [1.54, 1.807) is 4.90 Å². The maximum atomic E-state index is 12.8. The molecule has 1 heterocycles. The summed E-state index contributed by atoms with van der Waals surface area (Å²) in [4.78, 5) is 25.5. The number of para-hydroxylation sites is 1. The molecule has 3 N–H and O–H groups in total. The monoisotopic (exact) mass is 427 g/mol. The first-order chi connectivity index (χ1) is 14.0. The third-order valence-corrected chi connectivity index (χ3v) is 5.94. The zero-order valence-electron chi connectivity index (χ0n) is 15.9. The van der Waals surface area contributed by atoms with Gasteiger partial charge in [-0.2, -0.15) is 0 Å². The second kappa shape index (κ2) is 10.0. The van der Waals surface area contributed by atoms with Gasteiger partial charge >= 0.3 is 0 Å². The Labute approximate surface area is 177 Å². The zero-order valence-corrected chi connectivity index (χ0v) is 17.5. The molecule has 3 aromatic rings. The number of thioether (sulfide) groups is 1. The number of nitrogens with zero attached hydrogens (tertiary/aromatic N) is 3. The summed E-state index contributed by atoms with van der Waals surface area (Å²) in [5, 5.41) is 12.1. The van der Waals surface area contributed by atoms with Gasteiger partial charge in [-0.05, 0) is 31.2 Å². The molecule has 3 rings (SSSR count). The van der Waals surface area contributed by atoms with Crippen LogP contribution in [0.4, 0.5) is 16.5 Å². The highest BCUT2D eigenvalue weighted by Gasteiger charge is 2.17. The molecule has 9 heteroatoms. The lowest BCUT2D eigenvalue weighted by atomic mass is 10.2. The number of hydrogen-bond donors (Lipinski definition) is 2. The summed E-state index contributed by atoms with van der Waals surface area (Å²) in [6, 6.07) is 17.2. The van der Waals surface area contributed by atoms with Gasteiger partial charge in [-0.25, -0.2) is 0 Å². The number of nitrogens with one attached hydrogen (secondary N) is 1. The van der Waals surface area contributed by atoms with Crippen molar-refractivity contribution in [3.8, 4) is 0 Å². The number of rotatable bonds is 9. The van der Waals surface area contributed by atoms with Gasteiger partial charge in [-0.3, -0.25) is 9.59 Å². The number of primary amides is 1. The minimum absolute atomic E-state index is 0.106. The first-order valence-corrected chi connectivity index (χ1v) is 10.7. The smallest absolute Gasteiger partial charge is 0.237 e. The number of nitrogens with two attached hydrogens (primary N) is 1. The Bertz CT molecular complexity index is 961. The summed E-state index contributed by atoms with van der Waals surface area (Å²) < 4.78 is 0.691. The number of aryl methyl sites for hydroxylation is 1. The molecule has 1 aromatic heterocycles. The predicted octanol–water partition coefficient (Wildman–Crippen LogP) is 3.59. The zero-order chi connectivity index (χ0) is 20.6. The molecule has 29 heavy (non-hydrogen) atoms. The standard InChI is InChI=1S/C20H21N5O2S2/c1-14-7-9-15(10-8-14)22-19-23-24-20(29-19)28-13-18(27)25(12-11-17(21)26)16-5-3-2-4-6-16/h2-10H,11-13H2,1H3,(H2,21,26)(H,22,23). The minimum atomic E-state index is -0.442. The van der Waals surface area contributed by atoms with Gasteiger partial charge in [0.2, 0.25) is 16.9 Å². The van der Waals surface area contributed by atoms with E-state index in [0.717, 1.165) is 11.4 Å². The Hall–Kier alpha value is -2.91. The van der Waals surface area contributed by atoms with Crippen molar-refractivity contribution in [3.63, 3.8) is 0 Å². The van der Waals surface area contributed by atoms with Crippen molar-refractivity contribution < 1.29 is 9.59 Å². The lowest BCUT2D eigenvalue weighted by molar-refractivity contribution is -0.118. The van der Waals surface area contributed by atoms with E-state index < -0.39 is 5.91 Å². The Morgan fingerprint density at radius 3 is 2.52 bits per heavy atom. The molecule has 2 amide bonds. The number of carbonyl (C=O) groups is 2. The van der Waals surface area contributed by atoms with Gasteiger partial charge < -0.3 is 16.0 Å². The van der Waals surface area contributed by atoms with Crippen molar-refractivity contribution in [2.45, 2.75) is 17.7 Å². The fourth-order valence-electron chi connectivity index (χ4n) is 2.51. The van der Waals surface area contributed by atoms with E-state index in [1.165, 1.54) is 28.7 Å². The van der Waals surface area contributed by atoms with Crippen LogP contribution in [0, 0.1) is 6.92 Å². The molecule has 150 valence electrons. The van der Waals surface area contributed by atoms with Crippen LogP contribution >= 0.6 is 23.1 Å². The molecule has 7 nitrogen and oxygen atoms in total. The number of benzene rings is 2. The fourth-order valence-corrected chi connectivity index (χ4v) is 4.16. The van der Waals surface area contributed by atoms with Gasteiger partial charge in [0, 0.05) is 24.3 Å². The molecule has 0 aliphatic rings. The van der Waals surface area contributed by atoms with Crippen molar-refractivity contribution in [2.24, 2.45) is 5.73 Å². The number of amides is 2. The van der Waals surface area contributed by atoms with Crippen molar-refractivity contribution in [2.75, 3.05) is 22.5 Å². The Morgan fingerprint density at radius 2 is 1.83 bits per heavy atom. The van der Waals surface area contributed by atoms with Crippen LogP contribution in [0.2, 0.25) is 0 Å². The average molecular weight is 428 g/mol. The lowest BCUT2D eigenvalue weighted by Crippen LogP contribution is -2.35. The van der Waals surface area contributed by atoms with E-state index >= 15 is 0 Å². The highest BCUT2D eigenvalue weighted by atomic mass is 32.2. The first-order valence-electron chi connectivity index (χ1n) is 8.95. The SMILES string of the molecule is Cc1ccc(Nc2nnc(SCC(=O)N(CCC(N)=O)c3ccccc3)s2)cc1. The maximum Gasteiger partial charge on any atom is 0.237 e. The second-order valence-corrected chi connectivity index (χ2v) is 8.45. The van der Waals surface area contributed by atoms with Gasteiger partial charge in [0.25, 0.3) is 0 Å². The van der Waals surface area contributed by atoms with Crippen molar-refractivity contribution in [1.82, 2.24) is 10.2 Å². The van der Waals surface area contributed by atoms with Crippen molar-refractivity contribution >= 4 is 51.4 Å². The van der Waals surface area contributed by atoms with Crippen molar-refractivity contribution in [1.29, 1.82) is 0 Å². The van der Waals surface area contributed by atoms with Crippen LogP contribution in [0.15, 0.2) is 58.9 Å². The Balaban J connectivity index is 1.60. The van der Waals surface area contributed by atoms with Gasteiger partial charge in [0.15, 0.2) is 4.34 Å². The molecule has 2 aromatic carbocycles. The summed E-state index contributed by atoms with van der Waals surface area (Å²) in [5.74, 6) is -0.375. The topological polar surface area (TPSA) is 101 Å². The molecule has 0 saturated heterocycles. The van der Waals surface area contributed by atoms with E-state index in [9.17, 15) is 9.59 Å². The number of hydrogen-bond acceptors (Lipinski definition) is 7. The van der Waals surface area contributed by atoms with Gasteiger partial charge in [-0.1, -0.05) is 59.0 Å². The maximum absolute atomic E-state index is 12.8. The molecular weight excluding hydrogens is 406 g/mol. The normalized spacial score (nSPS) is 10.5. The van der Waals surface area contributed by atoms with Crippen LogP contribution in [0.25, 0.3) is 0 Å². The molecule has 0 saturated carbocycles. The molecule has 0 spiro atoms. The van der Waals surface area contributed by atoms with E-state index in [-0.39, 0.29) is 24.6 Å². The summed E-state index contributed by atoms with van der Waals surface area (Å²) in [5.41, 5.74) is 8.10. The molecule has 0 unspecified atom stereocenters. The quantitative estimate of drug-likeness (QED) is 0.506. The molecule has 0 aliphatic carbocycles. The van der Waals surface area contributed by atoms with Crippen LogP contribution in [0.3, 0.4) is 0 Å². The van der Waals surface area contributed by atoms with Crippen LogP contribution in [0.1, 0.15) is 12.0 Å². The molecule has 0 atom stereocenters. The Kier molecular flexibility index (Phi) is 7.20. The summed E-state index contributed by atoms with van der Waals surface area (Å²) in [7, 11) is 0. The molecule has 0 radical (unpaired) electrons. The Morgan fingerprint density at radius 1 is 1.10 bits per heavy atom. The number of anilines is 3. The largest absolute Gasteiger partial charge is 0.370 e. The third kappa shape index (κ3) is 6.30. The van der Waals surface area contributed by atoms with E-state index in [4.69, 9.17) is 5.73 Å². The highest BCUT2D eigenvalue weighted by Crippen LogP contribution is 2.28. The van der Waals surface area contributed by atoms with E-state index in [2.05, 4.69) is 15.5 Å². The van der Waals surface area contributed by atoms with E-state index in [1.807, 2.05) is 61.5 Å². The predicted molar refractivity (Wildman–Crippen MR) is 118 cm³/mol. The van der Waals surface area contributed by atoms with Gasteiger partial charge in [0.1, 0.15) is 0 Å². The highest BCUT2D eigenvalue weighted by molar-refractivity contribution is 8.01.